The first kappa shape index (κ1) is 13.4. The van der Waals surface area contributed by atoms with Gasteiger partial charge in [-0.05, 0) is 37.3 Å². The molecule has 0 aromatic carbocycles. The molecule has 0 saturated carbocycles. The summed E-state index contributed by atoms with van der Waals surface area (Å²) in [7, 11) is 0. The van der Waals surface area contributed by atoms with Gasteiger partial charge in [0, 0.05) is 9.75 Å². The van der Waals surface area contributed by atoms with Crippen molar-refractivity contribution in [1.82, 2.24) is 0 Å². The predicted octanol–water partition coefficient (Wildman–Crippen LogP) is 4.94. The van der Waals surface area contributed by atoms with Crippen LogP contribution in [0.1, 0.15) is 16.7 Å². The van der Waals surface area contributed by atoms with E-state index in [1.54, 1.807) is 34.8 Å². The Labute approximate surface area is 122 Å². The fourth-order valence-corrected chi connectivity index (χ4v) is 3.30. The highest BCUT2D eigenvalue weighted by molar-refractivity contribution is 7.22. The summed E-state index contributed by atoms with van der Waals surface area (Å²) < 4.78 is 0. The van der Waals surface area contributed by atoms with Crippen LogP contribution in [0.4, 0.5) is 0 Å². The molecule has 0 bridgehead atoms. The van der Waals surface area contributed by atoms with Crippen LogP contribution in [0.2, 0.25) is 0 Å². The van der Waals surface area contributed by atoms with E-state index < -0.39 is 0 Å². The van der Waals surface area contributed by atoms with E-state index in [1.165, 1.54) is 9.75 Å². The highest BCUT2D eigenvalue weighted by atomic mass is 32.1. The molecule has 2 heteroatoms. The van der Waals surface area contributed by atoms with Crippen LogP contribution in [-0.2, 0) is 0 Å². The summed E-state index contributed by atoms with van der Waals surface area (Å²) in [5, 5.41) is 0. The summed E-state index contributed by atoms with van der Waals surface area (Å²) >= 11 is 3.42. The topological polar surface area (TPSA) is 0 Å². The van der Waals surface area contributed by atoms with Gasteiger partial charge in [0.05, 0.1) is 9.75 Å². The van der Waals surface area contributed by atoms with Crippen molar-refractivity contribution >= 4 is 22.7 Å². The monoisotopic (exact) mass is 280 g/mol. The number of hydrogen-bond donors (Lipinski definition) is 0. The molecule has 0 radical (unpaired) electrons. The van der Waals surface area contributed by atoms with Gasteiger partial charge in [-0.3, -0.25) is 0 Å². The molecule has 0 atom stereocenters. The van der Waals surface area contributed by atoms with Crippen molar-refractivity contribution in [3.05, 3.63) is 58.8 Å². The van der Waals surface area contributed by atoms with Crippen molar-refractivity contribution in [2.45, 2.75) is 6.92 Å². The number of allylic oxidation sites excluding steroid dienone is 3. The van der Waals surface area contributed by atoms with Crippen LogP contribution in [0, 0.1) is 23.7 Å². The van der Waals surface area contributed by atoms with Gasteiger partial charge >= 0.3 is 0 Å². The average Bonchev–Trinajstić information content (AvgIpc) is 3.04. The molecule has 0 fully saturated rings. The van der Waals surface area contributed by atoms with Gasteiger partial charge in [-0.1, -0.05) is 36.5 Å². The third kappa shape index (κ3) is 3.73. The lowest BCUT2D eigenvalue weighted by molar-refractivity contribution is 1.86. The first-order chi connectivity index (χ1) is 9.33. The van der Waals surface area contributed by atoms with Crippen molar-refractivity contribution in [3.8, 4) is 33.4 Å². The standard InChI is InChI=1S/C17H12S2/c1-3-5-6-7-9-15-11-13-17(19-15)16-12-10-14(18-16)8-4-2/h3,5-6,10-13H,1H2,2H3/b6-5+. The van der Waals surface area contributed by atoms with Gasteiger partial charge in [0.25, 0.3) is 0 Å². The zero-order valence-electron chi connectivity index (χ0n) is 10.6. The maximum absolute atomic E-state index is 3.60. The zero-order valence-corrected chi connectivity index (χ0v) is 12.2. The van der Waals surface area contributed by atoms with E-state index in [0.717, 1.165) is 9.75 Å². The van der Waals surface area contributed by atoms with Gasteiger partial charge in [0.15, 0.2) is 0 Å². The van der Waals surface area contributed by atoms with Gasteiger partial charge in [-0.25, -0.2) is 0 Å². The van der Waals surface area contributed by atoms with Gasteiger partial charge in [-0.15, -0.1) is 28.6 Å². The molecule has 2 heterocycles. The molecule has 0 aliphatic rings. The van der Waals surface area contributed by atoms with Crippen LogP contribution < -0.4 is 0 Å². The SMILES string of the molecule is C=C/C=C/C#Cc1ccc(-c2ccc(C#CC)s2)s1. The Kier molecular flexibility index (Phi) is 4.81. The fraction of sp³-hybridized carbons (Fsp3) is 0.0588. The zero-order chi connectivity index (χ0) is 13.5. The van der Waals surface area contributed by atoms with Crippen LogP contribution in [0.25, 0.3) is 9.75 Å². The van der Waals surface area contributed by atoms with Crippen molar-refractivity contribution in [2.24, 2.45) is 0 Å². The molecule has 0 N–H and O–H groups in total. The third-order valence-electron chi connectivity index (χ3n) is 2.21. The Hall–Kier alpha value is -2.00. The number of thiophene rings is 2. The van der Waals surface area contributed by atoms with E-state index in [-0.39, 0.29) is 0 Å². The average molecular weight is 280 g/mol. The van der Waals surface area contributed by atoms with Gasteiger partial charge in [0.1, 0.15) is 0 Å². The molecule has 0 saturated heterocycles. The van der Waals surface area contributed by atoms with Gasteiger partial charge < -0.3 is 0 Å². The molecule has 0 nitrogen and oxygen atoms in total. The molecular weight excluding hydrogens is 268 g/mol. The second-order valence-corrected chi connectivity index (χ2v) is 5.73. The Bertz CT molecular complexity index is 718. The lowest BCUT2D eigenvalue weighted by Crippen LogP contribution is -1.58. The summed E-state index contributed by atoms with van der Waals surface area (Å²) in [6, 6.07) is 8.35. The van der Waals surface area contributed by atoms with Crippen LogP contribution in [-0.4, -0.2) is 0 Å². The normalized spacial score (nSPS) is 9.53. The van der Waals surface area contributed by atoms with Crippen LogP contribution in [0.5, 0.6) is 0 Å². The van der Waals surface area contributed by atoms with E-state index in [4.69, 9.17) is 0 Å². The highest BCUT2D eigenvalue weighted by Gasteiger charge is 2.04. The van der Waals surface area contributed by atoms with Gasteiger partial charge in [0.2, 0.25) is 0 Å². The second-order valence-electron chi connectivity index (χ2n) is 3.57. The van der Waals surface area contributed by atoms with E-state index in [9.17, 15) is 0 Å². The summed E-state index contributed by atoms with van der Waals surface area (Å²) in [6.45, 7) is 5.46. The third-order valence-corrected chi connectivity index (χ3v) is 4.41. The maximum Gasteiger partial charge on any atom is 0.0778 e. The molecule has 2 rings (SSSR count). The van der Waals surface area contributed by atoms with E-state index >= 15 is 0 Å². The Morgan fingerprint density at radius 1 is 1.00 bits per heavy atom. The molecule has 2 aromatic rings. The summed E-state index contributed by atoms with van der Waals surface area (Å²) in [5.41, 5.74) is 0. The number of rotatable bonds is 2. The summed E-state index contributed by atoms with van der Waals surface area (Å²) in [5.74, 6) is 12.1. The molecule has 2 aromatic heterocycles. The summed E-state index contributed by atoms with van der Waals surface area (Å²) in [6.07, 6.45) is 5.35. The largest absolute Gasteiger partial charge is 0.126 e. The first-order valence-electron chi connectivity index (χ1n) is 5.75. The lowest BCUT2D eigenvalue weighted by Gasteiger charge is -1.86. The molecule has 19 heavy (non-hydrogen) atoms. The van der Waals surface area contributed by atoms with Crippen molar-refractivity contribution in [2.75, 3.05) is 0 Å². The fourth-order valence-electron chi connectivity index (χ4n) is 1.43. The molecular formula is C17H12S2. The first-order valence-corrected chi connectivity index (χ1v) is 7.38. The maximum atomic E-state index is 3.60. The second kappa shape index (κ2) is 6.81. The quantitative estimate of drug-likeness (QED) is 0.540. The molecule has 0 amide bonds. The smallest absolute Gasteiger partial charge is 0.0778 e. The minimum absolute atomic E-state index is 1.07. The lowest BCUT2D eigenvalue weighted by atomic mass is 10.3. The molecule has 0 spiro atoms. The van der Waals surface area contributed by atoms with Crippen LogP contribution in [0.15, 0.2) is 49.1 Å². The van der Waals surface area contributed by atoms with Crippen molar-refractivity contribution in [1.29, 1.82) is 0 Å². The van der Waals surface area contributed by atoms with Crippen LogP contribution in [0.3, 0.4) is 0 Å². The molecule has 0 aliphatic heterocycles. The van der Waals surface area contributed by atoms with Gasteiger partial charge in [-0.2, -0.15) is 0 Å². The molecule has 0 aliphatic carbocycles. The van der Waals surface area contributed by atoms with E-state index in [2.05, 4.69) is 54.5 Å². The summed E-state index contributed by atoms with van der Waals surface area (Å²) in [4.78, 5) is 4.66. The molecule has 92 valence electrons. The van der Waals surface area contributed by atoms with Crippen LogP contribution >= 0.6 is 22.7 Å². The Morgan fingerprint density at radius 3 is 2.21 bits per heavy atom. The predicted molar refractivity (Wildman–Crippen MR) is 86.4 cm³/mol. The van der Waals surface area contributed by atoms with Crippen molar-refractivity contribution < 1.29 is 0 Å². The number of hydrogen-bond acceptors (Lipinski definition) is 2. The van der Waals surface area contributed by atoms with E-state index in [1.807, 2.05) is 13.0 Å². The highest BCUT2D eigenvalue weighted by Crippen LogP contribution is 2.33. The minimum atomic E-state index is 1.07. The molecule has 0 unspecified atom stereocenters. The van der Waals surface area contributed by atoms with Crippen molar-refractivity contribution in [3.63, 3.8) is 0 Å². The Morgan fingerprint density at radius 2 is 1.63 bits per heavy atom. The minimum Gasteiger partial charge on any atom is -0.126 e. The Balaban J connectivity index is 2.18. The van der Waals surface area contributed by atoms with E-state index in [0.29, 0.717) is 0 Å².